The van der Waals surface area contributed by atoms with Crippen LogP contribution < -0.4 is 19.1 Å². The van der Waals surface area contributed by atoms with Crippen molar-refractivity contribution in [2.24, 2.45) is 0 Å². The number of methoxy groups -OCH3 is 3. The second-order valence-corrected chi connectivity index (χ2v) is 9.85. The largest absolute Gasteiger partial charge is 0.497 e. The van der Waals surface area contributed by atoms with Crippen LogP contribution in [0.1, 0.15) is 11.1 Å². The van der Waals surface area contributed by atoms with Gasteiger partial charge in [-0.05, 0) is 82.3 Å². The molecule has 39 heavy (non-hydrogen) atoms. The Labute approximate surface area is 244 Å². The summed E-state index contributed by atoms with van der Waals surface area (Å²) in [7, 11) is 4.35. The lowest BCUT2D eigenvalue weighted by Gasteiger charge is -2.19. The monoisotopic (exact) mass is 630 g/mol. The molecule has 1 amide bonds. The number of carbonyl (C=O) groups excluding carboxylic acids is 2. The van der Waals surface area contributed by atoms with Crippen molar-refractivity contribution >= 4 is 68.5 Å². The molecule has 0 unspecified atom stereocenters. The van der Waals surface area contributed by atoms with E-state index in [0.717, 1.165) is 5.56 Å². The van der Waals surface area contributed by atoms with Gasteiger partial charge in [0.25, 0.3) is 5.91 Å². The van der Waals surface area contributed by atoms with E-state index in [1.54, 1.807) is 55.7 Å². The molecule has 3 aromatic rings. The minimum Gasteiger partial charge on any atom is -0.497 e. The molecule has 0 bridgehead atoms. The molecule has 4 rings (SSSR count). The number of nitrogens with zero attached hydrogens (tertiary/aromatic N) is 2. The molecule has 8 nitrogen and oxygen atoms in total. The van der Waals surface area contributed by atoms with Crippen molar-refractivity contribution in [3.05, 3.63) is 87.0 Å². The molecule has 0 aliphatic carbocycles. The van der Waals surface area contributed by atoms with Crippen LogP contribution in [0.2, 0.25) is 5.02 Å². The molecule has 11 heteroatoms. The number of rotatable bonds is 9. The summed E-state index contributed by atoms with van der Waals surface area (Å²) in [4.78, 5) is 28.6. The lowest BCUT2D eigenvalue weighted by atomic mass is 10.1. The van der Waals surface area contributed by atoms with E-state index in [-0.39, 0.29) is 24.0 Å². The van der Waals surface area contributed by atoms with Gasteiger partial charge in [-0.15, -0.1) is 0 Å². The van der Waals surface area contributed by atoms with Gasteiger partial charge in [-0.2, -0.15) is 0 Å². The van der Waals surface area contributed by atoms with Crippen LogP contribution in [0.5, 0.6) is 17.2 Å². The molecule has 1 aliphatic rings. The summed E-state index contributed by atoms with van der Waals surface area (Å²) in [6.45, 7) is -0.0115. The minimum absolute atomic E-state index is 0.146. The summed E-state index contributed by atoms with van der Waals surface area (Å²) in [6.07, 6.45) is 1.63. The molecular formula is C28H24BrClN2O6S. The molecule has 0 saturated carbocycles. The lowest BCUT2D eigenvalue weighted by molar-refractivity contribution is -0.140. The zero-order valence-electron chi connectivity index (χ0n) is 21.3. The Morgan fingerprint density at radius 1 is 1.05 bits per heavy atom. The van der Waals surface area contributed by atoms with Crippen molar-refractivity contribution in [2.45, 2.75) is 6.61 Å². The van der Waals surface area contributed by atoms with Crippen molar-refractivity contribution in [1.29, 1.82) is 0 Å². The highest BCUT2D eigenvalue weighted by atomic mass is 79.9. The highest BCUT2D eigenvalue weighted by Crippen LogP contribution is 2.39. The van der Waals surface area contributed by atoms with Crippen LogP contribution in [-0.2, 0) is 20.9 Å². The Kier molecular flexibility index (Phi) is 9.11. The third-order valence-corrected chi connectivity index (χ3v) is 7.23. The van der Waals surface area contributed by atoms with E-state index in [1.807, 2.05) is 18.2 Å². The molecule has 0 radical (unpaired) electrons. The lowest BCUT2D eigenvalue weighted by Crippen LogP contribution is -2.35. The summed E-state index contributed by atoms with van der Waals surface area (Å²) in [5.41, 5.74) is 2.16. The number of hydrogen-bond donors (Lipinski definition) is 0. The van der Waals surface area contributed by atoms with Crippen LogP contribution in [0, 0.1) is 0 Å². The summed E-state index contributed by atoms with van der Waals surface area (Å²) in [5.74, 6) is 0.590. The first-order valence-electron chi connectivity index (χ1n) is 11.6. The molecule has 0 aromatic heterocycles. The third-order valence-electron chi connectivity index (χ3n) is 5.87. The number of hydrogen-bond acceptors (Lipinski definition) is 7. The van der Waals surface area contributed by atoms with E-state index in [1.165, 1.54) is 24.0 Å². The topological polar surface area (TPSA) is 77.5 Å². The van der Waals surface area contributed by atoms with Crippen LogP contribution in [-0.4, -0.2) is 49.8 Å². The normalized spacial score (nSPS) is 14.1. The Hall–Kier alpha value is -3.60. The van der Waals surface area contributed by atoms with Gasteiger partial charge >= 0.3 is 5.97 Å². The summed E-state index contributed by atoms with van der Waals surface area (Å²) >= 11 is 15.4. The number of halogens is 2. The first-order chi connectivity index (χ1) is 18.8. The van der Waals surface area contributed by atoms with E-state index >= 15 is 0 Å². The first-order valence-corrected chi connectivity index (χ1v) is 13.2. The number of ether oxygens (including phenoxy) is 4. The number of esters is 1. The standard InChI is InChI=1S/C28H24BrClN2O6S/c1-35-20-10-8-19(9-11-20)32-27(34)23(31(28(32)39)15-25(33)37-3)13-17-12-21(29)26(24(14-17)36-2)38-16-18-6-4-5-7-22(18)30/h4-14H,15-16H2,1-3H3/b23-13-. The summed E-state index contributed by atoms with van der Waals surface area (Å²) < 4.78 is 22.2. The summed E-state index contributed by atoms with van der Waals surface area (Å²) in [5, 5.41) is 0.740. The van der Waals surface area contributed by atoms with Gasteiger partial charge in [0.1, 0.15) is 24.6 Å². The van der Waals surface area contributed by atoms with Crippen molar-refractivity contribution in [2.75, 3.05) is 32.8 Å². The molecule has 3 aromatic carbocycles. The fourth-order valence-electron chi connectivity index (χ4n) is 3.87. The number of benzene rings is 3. The zero-order chi connectivity index (χ0) is 28.1. The second-order valence-electron chi connectivity index (χ2n) is 8.23. The number of thiocarbonyl (C=S) groups is 1. The maximum atomic E-state index is 13.6. The number of anilines is 1. The summed E-state index contributed by atoms with van der Waals surface area (Å²) in [6, 6.07) is 17.8. The molecule has 0 N–H and O–H groups in total. The van der Waals surface area contributed by atoms with Crippen LogP contribution in [0.4, 0.5) is 5.69 Å². The fourth-order valence-corrected chi connectivity index (χ4v) is 4.99. The van der Waals surface area contributed by atoms with E-state index in [2.05, 4.69) is 15.9 Å². The molecule has 202 valence electrons. The first kappa shape index (κ1) is 28.4. The van der Waals surface area contributed by atoms with Crippen LogP contribution >= 0.6 is 39.7 Å². The maximum Gasteiger partial charge on any atom is 0.325 e. The van der Waals surface area contributed by atoms with Gasteiger partial charge in [0.2, 0.25) is 0 Å². The van der Waals surface area contributed by atoms with Crippen molar-refractivity contribution < 1.29 is 28.5 Å². The fraction of sp³-hybridized carbons (Fsp3) is 0.179. The quantitative estimate of drug-likeness (QED) is 0.166. The van der Waals surface area contributed by atoms with Gasteiger partial charge in [0, 0.05) is 10.6 Å². The van der Waals surface area contributed by atoms with Crippen molar-refractivity contribution in [1.82, 2.24) is 4.90 Å². The third kappa shape index (κ3) is 6.19. The van der Waals surface area contributed by atoms with Crippen molar-refractivity contribution in [3.63, 3.8) is 0 Å². The highest BCUT2D eigenvalue weighted by molar-refractivity contribution is 9.10. The van der Waals surface area contributed by atoms with E-state index < -0.39 is 11.9 Å². The Morgan fingerprint density at radius 3 is 2.41 bits per heavy atom. The van der Waals surface area contributed by atoms with E-state index in [4.69, 9.17) is 42.8 Å². The van der Waals surface area contributed by atoms with Crippen LogP contribution in [0.15, 0.2) is 70.8 Å². The average molecular weight is 632 g/mol. The van der Waals surface area contributed by atoms with E-state index in [9.17, 15) is 9.59 Å². The molecule has 1 heterocycles. The van der Waals surface area contributed by atoms with Crippen LogP contribution in [0.3, 0.4) is 0 Å². The predicted octanol–water partition coefficient (Wildman–Crippen LogP) is 5.85. The average Bonchev–Trinajstić information content (AvgIpc) is 3.16. The van der Waals surface area contributed by atoms with Gasteiger partial charge in [-0.3, -0.25) is 14.5 Å². The molecule has 1 fully saturated rings. The zero-order valence-corrected chi connectivity index (χ0v) is 24.4. The van der Waals surface area contributed by atoms with Gasteiger partial charge < -0.3 is 23.8 Å². The predicted molar refractivity (Wildman–Crippen MR) is 156 cm³/mol. The highest BCUT2D eigenvalue weighted by Gasteiger charge is 2.40. The molecule has 1 aliphatic heterocycles. The van der Waals surface area contributed by atoms with Gasteiger partial charge in [-0.25, -0.2) is 0 Å². The smallest absolute Gasteiger partial charge is 0.325 e. The minimum atomic E-state index is -0.547. The molecule has 0 atom stereocenters. The number of amides is 1. The van der Waals surface area contributed by atoms with Gasteiger partial charge in [0.15, 0.2) is 16.6 Å². The molecular weight excluding hydrogens is 608 g/mol. The Morgan fingerprint density at radius 2 is 1.77 bits per heavy atom. The molecule has 0 spiro atoms. The maximum absolute atomic E-state index is 13.6. The number of carbonyl (C=O) groups is 2. The second kappa shape index (κ2) is 12.5. The van der Waals surface area contributed by atoms with E-state index in [0.29, 0.717) is 38.0 Å². The molecule has 1 saturated heterocycles. The SMILES string of the molecule is COC(=O)CN1C(=S)N(c2ccc(OC)cc2)C(=O)/C1=C/c1cc(Br)c(OCc2ccccc2Cl)c(OC)c1. The van der Waals surface area contributed by atoms with Crippen LogP contribution in [0.25, 0.3) is 6.08 Å². The Bertz CT molecular complexity index is 1450. The van der Waals surface area contributed by atoms with Crippen molar-refractivity contribution in [3.8, 4) is 17.2 Å². The Balaban J connectivity index is 1.69. The van der Waals surface area contributed by atoms with Gasteiger partial charge in [-0.1, -0.05) is 29.8 Å². The van der Waals surface area contributed by atoms with Gasteiger partial charge in [0.05, 0.1) is 31.5 Å².